The zero-order valence-corrected chi connectivity index (χ0v) is 12.8. The fourth-order valence-corrected chi connectivity index (χ4v) is 2.66. The van der Waals surface area contributed by atoms with E-state index < -0.39 is 0 Å². The van der Waals surface area contributed by atoms with Gasteiger partial charge in [-0.3, -0.25) is 4.79 Å². The Hall–Kier alpha value is -1.10. The molecule has 0 unspecified atom stereocenters. The number of hydrogen-bond acceptors (Lipinski definition) is 3. The van der Waals surface area contributed by atoms with E-state index in [1.165, 1.54) is 0 Å². The van der Waals surface area contributed by atoms with E-state index in [0.29, 0.717) is 31.2 Å². The van der Waals surface area contributed by atoms with Gasteiger partial charge in [-0.1, -0.05) is 29.8 Å². The Labute approximate surface area is 125 Å². The zero-order chi connectivity index (χ0) is 14.5. The van der Waals surface area contributed by atoms with Gasteiger partial charge in [-0.25, -0.2) is 0 Å². The van der Waals surface area contributed by atoms with Gasteiger partial charge in [0, 0.05) is 18.1 Å². The van der Waals surface area contributed by atoms with Crippen LogP contribution in [-0.4, -0.2) is 62.1 Å². The van der Waals surface area contributed by atoms with E-state index in [9.17, 15) is 4.79 Å². The maximum absolute atomic E-state index is 12.5. The lowest BCUT2D eigenvalue weighted by Crippen LogP contribution is -2.53. The number of morpholine rings is 1. The Balaban J connectivity index is 2.04. The third-order valence-corrected chi connectivity index (χ3v) is 3.79. The summed E-state index contributed by atoms with van der Waals surface area (Å²) in [6.45, 7) is 2.68. The molecule has 0 aromatic heterocycles. The minimum absolute atomic E-state index is 0.119. The van der Waals surface area contributed by atoms with Gasteiger partial charge in [0.2, 0.25) is 5.91 Å². The predicted molar refractivity (Wildman–Crippen MR) is 80.0 cm³/mol. The summed E-state index contributed by atoms with van der Waals surface area (Å²) in [5, 5.41) is 0.651. The lowest BCUT2D eigenvalue weighted by molar-refractivity contribution is -0.139. The summed E-state index contributed by atoms with van der Waals surface area (Å²) in [4.78, 5) is 16.5. The molecule has 1 amide bonds. The number of hydrogen-bond donors (Lipinski definition) is 0. The van der Waals surface area contributed by atoms with Crippen molar-refractivity contribution in [3.05, 3.63) is 34.9 Å². The molecule has 1 atom stereocenters. The van der Waals surface area contributed by atoms with Gasteiger partial charge < -0.3 is 14.5 Å². The molecule has 0 radical (unpaired) electrons. The van der Waals surface area contributed by atoms with Crippen molar-refractivity contribution in [1.29, 1.82) is 0 Å². The van der Waals surface area contributed by atoms with Crippen LogP contribution in [-0.2, 0) is 16.0 Å². The SMILES string of the molecule is CN(C)C[C@@H]1COCCN1C(=O)Cc1ccccc1Cl. The first-order valence-corrected chi connectivity index (χ1v) is 7.21. The Morgan fingerprint density at radius 1 is 1.45 bits per heavy atom. The van der Waals surface area contributed by atoms with E-state index in [-0.39, 0.29) is 11.9 Å². The summed E-state index contributed by atoms with van der Waals surface area (Å²) in [6.07, 6.45) is 0.351. The van der Waals surface area contributed by atoms with Gasteiger partial charge in [0.1, 0.15) is 0 Å². The van der Waals surface area contributed by atoms with Crippen LogP contribution in [0.5, 0.6) is 0 Å². The molecule has 1 aromatic rings. The Bertz CT molecular complexity index is 465. The first-order chi connectivity index (χ1) is 9.58. The molecule has 1 heterocycles. The highest BCUT2D eigenvalue weighted by Crippen LogP contribution is 2.18. The third kappa shape index (κ3) is 3.95. The van der Waals surface area contributed by atoms with Crippen molar-refractivity contribution in [2.45, 2.75) is 12.5 Å². The van der Waals surface area contributed by atoms with Crippen LogP contribution in [0.2, 0.25) is 5.02 Å². The second-order valence-electron chi connectivity index (χ2n) is 5.35. The molecule has 5 heteroatoms. The summed E-state index contributed by atoms with van der Waals surface area (Å²) in [6, 6.07) is 7.63. The molecule has 110 valence electrons. The van der Waals surface area contributed by atoms with Gasteiger partial charge in [0.05, 0.1) is 25.7 Å². The molecule has 0 bridgehead atoms. The van der Waals surface area contributed by atoms with Crippen LogP contribution in [0.15, 0.2) is 24.3 Å². The van der Waals surface area contributed by atoms with Crippen molar-refractivity contribution in [2.75, 3.05) is 40.4 Å². The summed E-state index contributed by atoms with van der Waals surface area (Å²) in [5.41, 5.74) is 0.884. The van der Waals surface area contributed by atoms with Crippen LogP contribution in [0.4, 0.5) is 0 Å². The smallest absolute Gasteiger partial charge is 0.227 e. The topological polar surface area (TPSA) is 32.8 Å². The maximum Gasteiger partial charge on any atom is 0.227 e. The summed E-state index contributed by atoms with van der Waals surface area (Å²) in [5.74, 6) is 0.119. The molecule has 0 N–H and O–H groups in total. The number of carbonyl (C=O) groups excluding carboxylic acids is 1. The second kappa shape index (κ2) is 7.07. The van der Waals surface area contributed by atoms with E-state index in [1.807, 2.05) is 43.3 Å². The lowest BCUT2D eigenvalue weighted by atomic mass is 10.1. The van der Waals surface area contributed by atoms with E-state index >= 15 is 0 Å². The van der Waals surface area contributed by atoms with Gasteiger partial charge in [-0.2, -0.15) is 0 Å². The lowest BCUT2D eigenvalue weighted by Gasteiger charge is -2.37. The molecule has 1 aliphatic heterocycles. The molecule has 1 aromatic carbocycles. The summed E-state index contributed by atoms with van der Waals surface area (Å²) in [7, 11) is 4.01. The number of nitrogens with zero attached hydrogens (tertiary/aromatic N) is 2. The molecule has 1 fully saturated rings. The predicted octanol–water partition coefficient (Wildman–Crippen LogP) is 1.67. The summed E-state index contributed by atoms with van der Waals surface area (Å²) >= 11 is 6.12. The van der Waals surface area contributed by atoms with Gasteiger partial charge in [-0.15, -0.1) is 0 Å². The van der Waals surface area contributed by atoms with Crippen molar-refractivity contribution in [3.63, 3.8) is 0 Å². The molecule has 2 rings (SSSR count). The highest BCUT2D eigenvalue weighted by molar-refractivity contribution is 6.31. The minimum atomic E-state index is 0.119. The normalized spacial score (nSPS) is 19.4. The molecule has 1 saturated heterocycles. The van der Waals surface area contributed by atoms with E-state index in [4.69, 9.17) is 16.3 Å². The van der Waals surface area contributed by atoms with Crippen LogP contribution < -0.4 is 0 Å². The highest BCUT2D eigenvalue weighted by atomic mass is 35.5. The molecule has 4 nitrogen and oxygen atoms in total. The van der Waals surface area contributed by atoms with E-state index in [1.54, 1.807) is 0 Å². The monoisotopic (exact) mass is 296 g/mol. The average Bonchev–Trinajstić information content (AvgIpc) is 2.41. The van der Waals surface area contributed by atoms with Crippen LogP contribution in [0.3, 0.4) is 0 Å². The largest absolute Gasteiger partial charge is 0.377 e. The molecular weight excluding hydrogens is 276 g/mol. The Morgan fingerprint density at radius 3 is 2.90 bits per heavy atom. The average molecular weight is 297 g/mol. The van der Waals surface area contributed by atoms with E-state index in [0.717, 1.165) is 12.1 Å². The molecule has 0 saturated carbocycles. The number of carbonyl (C=O) groups is 1. The number of amides is 1. The molecule has 0 aliphatic carbocycles. The number of halogens is 1. The van der Waals surface area contributed by atoms with Crippen molar-refractivity contribution in [2.24, 2.45) is 0 Å². The first kappa shape index (κ1) is 15.3. The van der Waals surface area contributed by atoms with Gasteiger partial charge in [0.15, 0.2) is 0 Å². The first-order valence-electron chi connectivity index (χ1n) is 6.83. The van der Waals surface area contributed by atoms with Gasteiger partial charge >= 0.3 is 0 Å². The zero-order valence-electron chi connectivity index (χ0n) is 12.0. The number of likely N-dealkylation sites (N-methyl/N-ethyl adjacent to an activating group) is 1. The number of ether oxygens (including phenoxy) is 1. The van der Waals surface area contributed by atoms with E-state index in [2.05, 4.69) is 4.90 Å². The fraction of sp³-hybridized carbons (Fsp3) is 0.533. The van der Waals surface area contributed by atoms with Crippen molar-refractivity contribution in [1.82, 2.24) is 9.80 Å². The number of benzene rings is 1. The summed E-state index contributed by atoms with van der Waals surface area (Å²) < 4.78 is 5.49. The number of rotatable bonds is 4. The fourth-order valence-electron chi connectivity index (χ4n) is 2.46. The van der Waals surface area contributed by atoms with Crippen LogP contribution in [0, 0.1) is 0 Å². The van der Waals surface area contributed by atoms with Crippen LogP contribution in [0.1, 0.15) is 5.56 Å². The molecule has 20 heavy (non-hydrogen) atoms. The molecule has 1 aliphatic rings. The van der Waals surface area contributed by atoms with Gasteiger partial charge in [-0.05, 0) is 25.7 Å². The quantitative estimate of drug-likeness (QED) is 0.847. The van der Waals surface area contributed by atoms with Crippen molar-refractivity contribution < 1.29 is 9.53 Å². The third-order valence-electron chi connectivity index (χ3n) is 3.42. The highest BCUT2D eigenvalue weighted by Gasteiger charge is 2.27. The molecular formula is C15H21ClN2O2. The van der Waals surface area contributed by atoms with Crippen molar-refractivity contribution >= 4 is 17.5 Å². The standard InChI is InChI=1S/C15H21ClN2O2/c1-17(2)10-13-11-20-8-7-18(13)15(19)9-12-5-3-4-6-14(12)16/h3-6,13H,7-11H2,1-2H3/t13-/m1/s1. The molecule has 0 spiro atoms. The second-order valence-corrected chi connectivity index (χ2v) is 5.75. The maximum atomic E-state index is 12.5. The van der Waals surface area contributed by atoms with Crippen LogP contribution >= 0.6 is 11.6 Å². The Morgan fingerprint density at radius 2 is 2.20 bits per heavy atom. The Kier molecular flexibility index (Phi) is 5.40. The van der Waals surface area contributed by atoms with Crippen LogP contribution in [0.25, 0.3) is 0 Å². The minimum Gasteiger partial charge on any atom is -0.377 e. The van der Waals surface area contributed by atoms with Crippen molar-refractivity contribution in [3.8, 4) is 0 Å². The van der Waals surface area contributed by atoms with Gasteiger partial charge in [0.25, 0.3) is 0 Å².